The lowest BCUT2D eigenvalue weighted by atomic mass is 10.2. The van der Waals surface area contributed by atoms with Crippen molar-refractivity contribution in [2.75, 3.05) is 31.1 Å². The highest BCUT2D eigenvalue weighted by Crippen LogP contribution is 2.32. The SMILES string of the molecule is O=S(=O)(C1CC1)N1CCN(c2nc3ccccc3n2Cc2ccccc2)CC1. The first kappa shape index (κ1) is 17.7. The molecule has 2 heterocycles. The van der Waals surface area contributed by atoms with Crippen LogP contribution < -0.4 is 4.90 Å². The number of imidazole rings is 1. The van der Waals surface area contributed by atoms with Gasteiger partial charge in [-0.05, 0) is 30.5 Å². The fraction of sp³-hybridized carbons (Fsp3) is 0.381. The molecule has 2 aromatic carbocycles. The molecule has 6 nitrogen and oxygen atoms in total. The van der Waals surface area contributed by atoms with Crippen molar-refractivity contribution < 1.29 is 8.42 Å². The van der Waals surface area contributed by atoms with Gasteiger partial charge in [0.05, 0.1) is 22.8 Å². The summed E-state index contributed by atoms with van der Waals surface area (Å²) in [5, 5.41) is -0.137. The molecular formula is C21H24N4O2S. The Labute approximate surface area is 165 Å². The lowest BCUT2D eigenvalue weighted by Crippen LogP contribution is -2.50. The number of hydrogen-bond donors (Lipinski definition) is 0. The summed E-state index contributed by atoms with van der Waals surface area (Å²) in [4.78, 5) is 7.11. The van der Waals surface area contributed by atoms with Gasteiger partial charge in [-0.1, -0.05) is 42.5 Å². The molecule has 3 aromatic rings. The molecule has 1 saturated carbocycles. The highest BCUT2D eigenvalue weighted by molar-refractivity contribution is 7.90. The van der Waals surface area contributed by atoms with Crippen LogP contribution in [0, 0.1) is 0 Å². The zero-order valence-electron chi connectivity index (χ0n) is 15.7. The minimum absolute atomic E-state index is 0.137. The van der Waals surface area contributed by atoms with Gasteiger partial charge >= 0.3 is 0 Å². The summed E-state index contributed by atoms with van der Waals surface area (Å²) in [5.41, 5.74) is 3.30. The van der Waals surface area contributed by atoms with E-state index in [0.29, 0.717) is 26.2 Å². The Morgan fingerprint density at radius 3 is 2.29 bits per heavy atom. The second-order valence-corrected chi connectivity index (χ2v) is 9.82. The van der Waals surface area contributed by atoms with Gasteiger partial charge in [-0.2, -0.15) is 4.31 Å². The molecule has 2 fully saturated rings. The normalized spacial score (nSPS) is 18.6. The van der Waals surface area contributed by atoms with Crippen molar-refractivity contribution >= 4 is 27.0 Å². The third-order valence-electron chi connectivity index (χ3n) is 5.64. The number of nitrogens with zero attached hydrogens (tertiary/aromatic N) is 4. The monoisotopic (exact) mass is 396 g/mol. The van der Waals surface area contributed by atoms with Crippen molar-refractivity contribution in [3.8, 4) is 0 Å². The maximum atomic E-state index is 12.5. The van der Waals surface area contributed by atoms with Crippen LogP contribution in [-0.4, -0.2) is 53.7 Å². The van der Waals surface area contributed by atoms with Crippen molar-refractivity contribution in [3.63, 3.8) is 0 Å². The first-order chi connectivity index (χ1) is 13.6. The van der Waals surface area contributed by atoms with Gasteiger partial charge in [0, 0.05) is 26.2 Å². The maximum absolute atomic E-state index is 12.5. The minimum Gasteiger partial charge on any atom is -0.340 e. The third-order valence-corrected chi connectivity index (χ3v) is 8.04. The Morgan fingerprint density at radius 2 is 1.57 bits per heavy atom. The first-order valence-electron chi connectivity index (χ1n) is 9.86. The summed E-state index contributed by atoms with van der Waals surface area (Å²) in [6.45, 7) is 3.16. The average molecular weight is 397 g/mol. The van der Waals surface area contributed by atoms with E-state index in [1.807, 2.05) is 24.3 Å². The Kier molecular flexibility index (Phi) is 4.36. The number of hydrogen-bond acceptors (Lipinski definition) is 4. The van der Waals surface area contributed by atoms with Gasteiger partial charge in [-0.15, -0.1) is 0 Å². The van der Waals surface area contributed by atoms with E-state index >= 15 is 0 Å². The highest BCUT2D eigenvalue weighted by Gasteiger charge is 2.41. The van der Waals surface area contributed by atoms with Gasteiger partial charge in [0.2, 0.25) is 16.0 Å². The fourth-order valence-corrected chi connectivity index (χ4v) is 5.77. The van der Waals surface area contributed by atoms with Gasteiger partial charge in [0.1, 0.15) is 0 Å². The number of sulfonamides is 1. The predicted octanol–water partition coefficient (Wildman–Crippen LogP) is 2.70. The van der Waals surface area contributed by atoms with Crippen LogP contribution in [0.25, 0.3) is 11.0 Å². The Balaban J connectivity index is 1.43. The largest absolute Gasteiger partial charge is 0.340 e. The summed E-state index contributed by atoms with van der Waals surface area (Å²) < 4.78 is 29.0. The molecule has 0 atom stereocenters. The van der Waals surface area contributed by atoms with E-state index in [0.717, 1.165) is 36.4 Å². The number of fused-ring (bicyclic) bond motifs is 1. The van der Waals surface area contributed by atoms with Crippen LogP contribution in [-0.2, 0) is 16.6 Å². The van der Waals surface area contributed by atoms with E-state index in [-0.39, 0.29) is 5.25 Å². The van der Waals surface area contributed by atoms with E-state index in [9.17, 15) is 8.42 Å². The zero-order valence-corrected chi connectivity index (χ0v) is 16.6. The summed E-state index contributed by atoms with van der Waals surface area (Å²) in [6, 6.07) is 18.6. The molecule has 1 aliphatic carbocycles. The maximum Gasteiger partial charge on any atom is 0.217 e. The second kappa shape index (κ2) is 6.90. The summed E-state index contributed by atoms with van der Waals surface area (Å²) in [6.07, 6.45) is 1.63. The summed E-state index contributed by atoms with van der Waals surface area (Å²) in [7, 11) is -3.10. The smallest absolute Gasteiger partial charge is 0.217 e. The van der Waals surface area contributed by atoms with Gasteiger partial charge in [-0.3, -0.25) is 0 Å². The molecule has 0 bridgehead atoms. The molecular weight excluding hydrogens is 372 g/mol. The molecule has 5 rings (SSSR count). The van der Waals surface area contributed by atoms with Crippen molar-refractivity contribution in [2.24, 2.45) is 0 Å². The molecule has 7 heteroatoms. The molecule has 0 radical (unpaired) electrons. The molecule has 0 N–H and O–H groups in total. The van der Waals surface area contributed by atoms with Crippen LogP contribution >= 0.6 is 0 Å². The molecule has 146 valence electrons. The molecule has 1 saturated heterocycles. The van der Waals surface area contributed by atoms with E-state index in [4.69, 9.17) is 4.98 Å². The Hall–Kier alpha value is -2.38. The summed E-state index contributed by atoms with van der Waals surface area (Å²) >= 11 is 0. The molecule has 0 amide bonds. The van der Waals surface area contributed by atoms with Crippen LogP contribution in [0.2, 0.25) is 0 Å². The van der Waals surface area contributed by atoms with E-state index in [2.05, 4.69) is 39.8 Å². The van der Waals surface area contributed by atoms with Crippen molar-refractivity contribution in [3.05, 3.63) is 60.2 Å². The molecule has 28 heavy (non-hydrogen) atoms. The van der Waals surface area contributed by atoms with E-state index in [1.54, 1.807) is 4.31 Å². The number of rotatable bonds is 5. The topological polar surface area (TPSA) is 58.4 Å². The van der Waals surface area contributed by atoms with Crippen LogP contribution in [0.4, 0.5) is 5.95 Å². The van der Waals surface area contributed by atoms with Crippen molar-refractivity contribution in [1.29, 1.82) is 0 Å². The van der Waals surface area contributed by atoms with Gasteiger partial charge in [0.25, 0.3) is 0 Å². The Morgan fingerprint density at radius 1 is 0.893 bits per heavy atom. The minimum atomic E-state index is -3.10. The van der Waals surface area contributed by atoms with Gasteiger partial charge in [-0.25, -0.2) is 13.4 Å². The van der Waals surface area contributed by atoms with Crippen molar-refractivity contribution in [1.82, 2.24) is 13.9 Å². The van der Waals surface area contributed by atoms with Crippen LogP contribution in [0.15, 0.2) is 54.6 Å². The van der Waals surface area contributed by atoms with Gasteiger partial charge in [0.15, 0.2) is 0 Å². The number of para-hydroxylation sites is 2. The van der Waals surface area contributed by atoms with Crippen LogP contribution in [0.3, 0.4) is 0 Å². The lowest BCUT2D eigenvalue weighted by Gasteiger charge is -2.35. The lowest BCUT2D eigenvalue weighted by molar-refractivity contribution is 0.380. The third kappa shape index (κ3) is 3.18. The summed E-state index contributed by atoms with van der Waals surface area (Å²) in [5.74, 6) is 0.925. The quantitative estimate of drug-likeness (QED) is 0.665. The van der Waals surface area contributed by atoms with Gasteiger partial charge < -0.3 is 9.47 Å². The molecule has 0 spiro atoms. The van der Waals surface area contributed by atoms with Crippen LogP contribution in [0.5, 0.6) is 0 Å². The second-order valence-electron chi connectivity index (χ2n) is 7.60. The Bertz CT molecular complexity index is 1080. The number of benzene rings is 2. The van der Waals surface area contributed by atoms with E-state index < -0.39 is 10.0 Å². The van der Waals surface area contributed by atoms with E-state index in [1.165, 1.54) is 5.56 Å². The molecule has 2 aliphatic rings. The molecule has 1 aromatic heterocycles. The number of piperazine rings is 1. The molecule has 0 unspecified atom stereocenters. The highest BCUT2D eigenvalue weighted by atomic mass is 32.2. The fourth-order valence-electron chi connectivity index (χ4n) is 3.95. The standard InChI is InChI=1S/C21H24N4O2S/c26-28(27,18-10-11-18)24-14-12-23(13-15-24)21-22-19-8-4-5-9-20(19)25(21)16-17-6-2-1-3-7-17/h1-9,18H,10-16H2. The van der Waals surface area contributed by atoms with Crippen molar-refractivity contribution in [2.45, 2.75) is 24.6 Å². The number of aromatic nitrogens is 2. The van der Waals surface area contributed by atoms with Crippen LogP contribution in [0.1, 0.15) is 18.4 Å². The molecule has 1 aliphatic heterocycles. The first-order valence-corrected chi connectivity index (χ1v) is 11.4. The zero-order chi connectivity index (χ0) is 19.1. The average Bonchev–Trinajstić information content (AvgIpc) is 3.53. The predicted molar refractivity (Wildman–Crippen MR) is 111 cm³/mol. The number of anilines is 1.